The van der Waals surface area contributed by atoms with E-state index in [1.807, 2.05) is 38.7 Å². The number of aromatic nitrogens is 2. The number of piperazine rings is 1. The molecule has 0 radical (unpaired) electrons. The number of nitrogens with two attached hydrogens (primary N) is 1. The van der Waals surface area contributed by atoms with Crippen molar-refractivity contribution in [3.8, 4) is 5.88 Å². The van der Waals surface area contributed by atoms with E-state index in [0.29, 0.717) is 44.6 Å². The Balaban J connectivity index is 0.00000288. The number of hydrogen-bond acceptors (Lipinski definition) is 6. The standard InChI is InChI=1S/C16H27N5O2.ClH/c1-5-23-13-10-12(4)18-16(19-13)21-8-6-20(7-9-21)15(22)14(17)11(2)3;/h10-11,14H,5-9,17H2,1-4H3;1H/t14-;/m0./s1. The van der Waals surface area contributed by atoms with Gasteiger partial charge in [-0.3, -0.25) is 4.79 Å². The summed E-state index contributed by atoms with van der Waals surface area (Å²) in [5.74, 6) is 1.43. The zero-order valence-electron chi connectivity index (χ0n) is 14.9. The maximum absolute atomic E-state index is 12.3. The minimum absolute atomic E-state index is 0. The number of hydrogen-bond donors (Lipinski definition) is 1. The van der Waals surface area contributed by atoms with E-state index >= 15 is 0 Å². The molecule has 2 heterocycles. The summed E-state index contributed by atoms with van der Waals surface area (Å²) >= 11 is 0. The van der Waals surface area contributed by atoms with Gasteiger partial charge in [-0.1, -0.05) is 13.8 Å². The van der Waals surface area contributed by atoms with Crippen molar-refractivity contribution >= 4 is 24.3 Å². The number of carbonyl (C=O) groups excluding carboxylic acids is 1. The molecule has 1 aromatic heterocycles. The first-order valence-corrected chi connectivity index (χ1v) is 8.20. The van der Waals surface area contributed by atoms with E-state index in [-0.39, 0.29) is 24.2 Å². The van der Waals surface area contributed by atoms with Crippen molar-refractivity contribution in [2.45, 2.75) is 33.7 Å². The Kier molecular flexibility index (Phi) is 7.69. The van der Waals surface area contributed by atoms with Crippen molar-refractivity contribution in [1.29, 1.82) is 0 Å². The van der Waals surface area contributed by atoms with Crippen LogP contribution in [0.2, 0.25) is 0 Å². The zero-order chi connectivity index (χ0) is 17.0. The molecule has 0 unspecified atom stereocenters. The quantitative estimate of drug-likeness (QED) is 0.853. The second-order valence-corrected chi connectivity index (χ2v) is 6.16. The lowest BCUT2D eigenvalue weighted by Gasteiger charge is -2.36. The molecule has 1 aliphatic heterocycles. The van der Waals surface area contributed by atoms with Gasteiger partial charge < -0.3 is 20.3 Å². The van der Waals surface area contributed by atoms with E-state index in [0.717, 1.165) is 5.69 Å². The highest BCUT2D eigenvalue weighted by atomic mass is 35.5. The van der Waals surface area contributed by atoms with Gasteiger partial charge in [-0.2, -0.15) is 4.98 Å². The molecular formula is C16H28ClN5O2. The Hall–Kier alpha value is -1.60. The molecule has 1 aliphatic rings. The maximum atomic E-state index is 12.3. The van der Waals surface area contributed by atoms with Crippen molar-refractivity contribution in [2.24, 2.45) is 11.7 Å². The lowest BCUT2D eigenvalue weighted by molar-refractivity contribution is -0.133. The molecule has 0 bridgehead atoms. The first kappa shape index (κ1) is 20.4. The fourth-order valence-electron chi connectivity index (χ4n) is 2.51. The molecule has 0 aromatic carbocycles. The fraction of sp³-hybridized carbons (Fsp3) is 0.688. The molecule has 1 fully saturated rings. The fourth-order valence-corrected chi connectivity index (χ4v) is 2.51. The average Bonchev–Trinajstić information content (AvgIpc) is 2.53. The molecule has 136 valence electrons. The summed E-state index contributed by atoms with van der Waals surface area (Å²) < 4.78 is 5.48. The SMILES string of the molecule is CCOc1cc(C)nc(N2CCN(C(=O)[C@@H](N)C(C)C)CC2)n1.Cl. The van der Waals surface area contributed by atoms with Crippen LogP contribution in [0.15, 0.2) is 6.07 Å². The molecule has 2 N–H and O–H groups in total. The van der Waals surface area contributed by atoms with Crippen LogP contribution >= 0.6 is 12.4 Å². The van der Waals surface area contributed by atoms with E-state index in [4.69, 9.17) is 10.5 Å². The van der Waals surface area contributed by atoms with Crippen molar-refractivity contribution in [1.82, 2.24) is 14.9 Å². The van der Waals surface area contributed by atoms with Gasteiger partial charge in [-0.15, -0.1) is 12.4 Å². The second kappa shape index (κ2) is 9.03. The minimum atomic E-state index is -0.429. The number of anilines is 1. The molecule has 1 atom stereocenters. The Bertz CT molecular complexity index is 547. The van der Waals surface area contributed by atoms with E-state index < -0.39 is 6.04 Å². The van der Waals surface area contributed by atoms with Crippen LogP contribution in [0.25, 0.3) is 0 Å². The smallest absolute Gasteiger partial charge is 0.239 e. The third kappa shape index (κ3) is 4.95. The average molecular weight is 358 g/mol. The van der Waals surface area contributed by atoms with Gasteiger partial charge in [-0.25, -0.2) is 4.98 Å². The van der Waals surface area contributed by atoms with E-state index in [1.165, 1.54) is 0 Å². The Morgan fingerprint density at radius 2 is 1.92 bits per heavy atom. The molecule has 1 aromatic rings. The number of ether oxygens (including phenoxy) is 1. The summed E-state index contributed by atoms with van der Waals surface area (Å²) in [6.45, 7) is 11.0. The van der Waals surface area contributed by atoms with Crippen LogP contribution in [0.5, 0.6) is 5.88 Å². The maximum Gasteiger partial charge on any atom is 0.239 e. The molecule has 8 heteroatoms. The third-order valence-corrected chi connectivity index (χ3v) is 3.99. The second-order valence-electron chi connectivity index (χ2n) is 6.16. The number of carbonyl (C=O) groups is 1. The number of rotatable bonds is 5. The summed E-state index contributed by atoms with van der Waals surface area (Å²) in [5, 5.41) is 0. The number of halogens is 1. The van der Waals surface area contributed by atoms with Crippen molar-refractivity contribution < 1.29 is 9.53 Å². The Morgan fingerprint density at radius 1 is 1.29 bits per heavy atom. The van der Waals surface area contributed by atoms with Crippen LogP contribution in [0.4, 0.5) is 5.95 Å². The van der Waals surface area contributed by atoms with Crippen LogP contribution in [-0.4, -0.2) is 59.6 Å². The van der Waals surface area contributed by atoms with Gasteiger partial charge in [-0.05, 0) is 19.8 Å². The topological polar surface area (TPSA) is 84.6 Å². The Morgan fingerprint density at radius 3 is 2.46 bits per heavy atom. The Labute approximate surface area is 150 Å². The highest BCUT2D eigenvalue weighted by Gasteiger charge is 2.27. The number of amides is 1. The molecule has 2 rings (SSSR count). The molecule has 0 saturated carbocycles. The summed E-state index contributed by atoms with van der Waals surface area (Å²) in [4.78, 5) is 25.1. The van der Waals surface area contributed by atoms with Gasteiger partial charge in [0.25, 0.3) is 0 Å². The highest BCUT2D eigenvalue weighted by molar-refractivity contribution is 5.85. The van der Waals surface area contributed by atoms with Crippen LogP contribution < -0.4 is 15.4 Å². The monoisotopic (exact) mass is 357 g/mol. The first-order chi connectivity index (χ1) is 10.9. The lowest BCUT2D eigenvalue weighted by atomic mass is 10.0. The van der Waals surface area contributed by atoms with Gasteiger partial charge in [0.15, 0.2) is 0 Å². The largest absolute Gasteiger partial charge is 0.478 e. The van der Waals surface area contributed by atoms with E-state index in [9.17, 15) is 4.79 Å². The van der Waals surface area contributed by atoms with Crippen LogP contribution in [0.1, 0.15) is 26.5 Å². The highest BCUT2D eigenvalue weighted by Crippen LogP contribution is 2.17. The van der Waals surface area contributed by atoms with Gasteiger partial charge >= 0.3 is 0 Å². The summed E-state index contributed by atoms with van der Waals surface area (Å²) in [7, 11) is 0. The molecule has 0 spiro atoms. The summed E-state index contributed by atoms with van der Waals surface area (Å²) in [5.41, 5.74) is 6.84. The van der Waals surface area contributed by atoms with Gasteiger partial charge in [0, 0.05) is 37.9 Å². The van der Waals surface area contributed by atoms with Crippen molar-refractivity contribution in [2.75, 3.05) is 37.7 Å². The molecule has 1 amide bonds. The third-order valence-electron chi connectivity index (χ3n) is 3.99. The summed E-state index contributed by atoms with van der Waals surface area (Å²) in [6.07, 6.45) is 0. The molecular weight excluding hydrogens is 330 g/mol. The van der Waals surface area contributed by atoms with Gasteiger partial charge in [0.05, 0.1) is 12.6 Å². The van der Waals surface area contributed by atoms with Crippen molar-refractivity contribution in [3.05, 3.63) is 11.8 Å². The molecule has 0 aliphatic carbocycles. The molecule has 24 heavy (non-hydrogen) atoms. The van der Waals surface area contributed by atoms with Crippen molar-refractivity contribution in [3.63, 3.8) is 0 Å². The van der Waals surface area contributed by atoms with Crippen LogP contribution in [0, 0.1) is 12.8 Å². The number of nitrogens with zero attached hydrogens (tertiary/aromatic N) is 4. The van der Waals surface area contributed by atoms with Crippen LogP contribution in [-0.2, 0) is 4.79 Å². The lowest BCUT2D eigenvalue weighted by Crippen LogP contribution is -2.54. The molecule has 7 nitrogen and oxygen atoms in total. The van der Waals surface area contributed by atoms with E-state index in [2.05, 4.69) is 14.9 Å². The summed E-state index contributed by atoms with van der Waals surface area (Å²) in [6, 6.07) is 1.40. The predicted octanol–water partition coefficient (Wildman–Crippen LogP) is 1.24. The first-order valence-electron chi connectivity index (χ1n) is 8.20. The minimum Gasteiger partial charge on any atom is -0.478 e. The van der Waals surface area contributed by atoms with E-state index in [1.54, 1.807) is 0 Å². The zero-order valence-corrected chi connectivity index (χ0v) is 15.7. The number of aryl methyl sites for hydroxylation is 1. The predicted molar refractivity (Wildman–Crippen MR) is 96.8 cm³/mol. The molecule has 1 saturated heterocycles. The normalized spacial score (nSPS) is 15.9. The van der Waals surface area contributed by atoms with Crippen LogP contribution in [0.3, 0.4) is 0 Å². The van der Waals surface area contributed by atoms with Gasteiger partial charge in [0.1, 0.15) is 0 Å². The van der Waals surface area contributed by atoms with Gasteiger partial charge in [0.2, 0.25) is 17.7 Å².